The van der Waals surface area contributed by atoms with Crippen molar-refractivity contribution in [2.24, 2.45) is 11.7 Å². The molecule has 26 heavy (non-hydrogen) atoms. The van der Waals surface area contributed by atoms with Crippen molar-refractivity contribution >= 4 is 12.0 Å². The van der Waals surface area contributed by atoms with E-state index in [4.69, 9.17) is 10.5 Å². The average molecular weight is 368 g/mol. The third-order valence-electron chi connectivity index (χ3n) is 5.31. The zero-order valence-electron chi connectivity index (χ0n) is 16.8. The van der Waals surface area contributed by atoms with Crippen molar-refractivity contribution in [1.82, 2.24) is 10.2 Å². The summed E-state index contributed by atoms with van der Waals surface area (Å²) in [5, 5.41) is 3.17. The maximum atomic E-state index is 12.7. The summed E-state index contributed by atoms with van der Waals surface area (Å²) in [6, 6.07) is 0.321. The van der Waals surface area contributed by atoms with Gasteiger partial charge in [0.25, 0.3) is 0 Å². The quantitative estimate of drug-likeness (QED) is 0.785. The topological polar surface area (TPSA) is 84.7 Å². The number of hydrogen-bond acceptors (Lipinski definition) is 4. The fourth-order valence-electron chi connectivity index (χ4n) is 3.84. The first-order valence-corrected chi connectivity index (χ1v) is 10.3. The molecule has 6 heteroatoms. The maximum absolute atomic E-state index is 12.7. The van der Waals surface area contributed by atoms with Gasteiger partial charge in [-0.15, -0.1) is 0 Å². The summed E-state index contributed by atoms with van der Waals surface area (Å²) in [6.07, 6.45) is 8.96. The van der Waals surface area contributed by atoms with Crippen molar-refractivity contribution in [2.45, 2.75) is 96.2 Å². The van der Waals surface area contributed by atoms with Gasteiger partial charge in [-0.1, -0.05) is 25.7 Å². The van der Waals surface area contributed by atoms with Crippen LogP contribution in [-0.4, -0.2) is 47.7 Å². The van der Waals surface area contributed by atoms with E-state index in [9.17, 15) is 9.59 Å². The first-order valence-electron chi connectivity index (χ1n) is 10.3. The minimum Gasteiger partial charge on any atom is -0.444 e. The van der Waals surface area contributed by atoms with Gasteiger partial charge in [-0.3, -0.25) is 4.79 Å². The summed E-state index contributed by atoms with van der Waals surface area (Å²) >= 11 is 0. The molecule has 1 saturated heterocycles. The van der Waals surface area contributed by atoms with Gasteiger partial charge < -0.3 is 20.7 Å². The fraction of sp³-hybridized carbons (Fsp3) is 0.900. The fourth-order valence-corrected chi connectivity index (χ4v) is 3.84. The molecule has 2 rings (SSSR count). The molecule has 0 aromatic carbocycles. The molecule has 2 aliphatic rings. The van der Waals surface area contributed by atoms with Crippen LogP contribution in [-0.2, 0) is 9.53 Å². The predicted octanol–water partition coefficient (Wildman–Crippen LogP) is 3.19. The highest BCUT2D eigenvalue weighted by Gasteiger charge is 2.31. The lowest BCUT2D eigenvalue weighted by Gasteiger charge is -2.25. The SMILES string of the molecule is CC(C)(C)OC(=O)N1CC[C@@H](NC(=O)C2CCCCC[C@@H](N)CCC2)C1. The van der Waals surface area contributed by atoms with Crippen LogP contribution in [0.2, 0.25) is 0 Å². The van der Waals surface area contributed by atoms with Crippen molar-refractivity contribution in [2.75, 3.05) is 13.1 Å². The third-order valence-corrected chi connectivity index (χ3v) is 5.31. The molecule has 1 unspecified atom stereocenters. The highest BCUT2D eigenvalue weighted by molar-refractivity contribution is 5.79. The van der Waals surface area contributed by atoms with E-state index < -0.39 is 5.60 Å². The van der Waals surface area contributed by atoms with E-state index in [0.29, 0.717) is 13.1 Å². The van der Waals surface area contributed by atoms with Crippen LogP contribution in [0.1, 0.15) is 78.6 Å². The molecule has 0 aromatic rings. The van der Waals surface area contributed by atoms with E-state index in [1.54, 1.807) is 4.90 Å². The van der Waals surface area contributed by atoms with Crippen molar-refractivity contribution in [3.8, 4) is 0 Å². The number of carbonyl (C=O) groups excluding carboxylic acids is 2. The molecule has 2 amide bonds. The zero-order chi connectivity index (χ0) is 19.2. The molecule has 1 saturated carbocycles. The Kier molecular flexibility index (Phi) is 7.74. The van der Waals surface area contributed by atoms with Crippen LogP contribution in [0.3, 0.4) is 0 Å². The smallest absolute Gasteiger partial charge is 0.410 e. The molecule has 6 nitrogen and oxygen atoms in total. The molecule has 1 heterocycles. The molecule has 0 radical (unpaired) electrons. The van der Waals surface area contributed by atoms with Gasteiger partial charge in [0.15, 0.2) is 0 Å². The summed E-state index contributed by atoms with van der Waals surface area (Å²) < 4.78 is 5.42. The van der Waals surface area contributed by atoms with Crippen LogP contribution < -0.4 is 11.1 Å². The normalized spacial score (nSPS) is 28.5. The second-order valence-electron chi connectivity index (χ2n) is 8.95. The van der Waals surface area contributed by atoms with Gasteiger partial charge in [-0.2, -0.15) is 0 Å². The molecule has 0 spiro atoms. The lowest BCUT2D eigenvalue weighted by Crippen LogP contribution is -2.42. The van der Waals surface area contributed by atoms with Gasteiger partial charge in [-0.05, 0) is 52.9 Å². The highest BCUT2D eigenvalue weighted by atomic mass is 16.6. The minimum atomic E-state index is -0.491. The van der Waals surface area contributed by atoms with Crippen molar-refractivity contribution in [3.63, 3.8) is 0 Å². The van der Waals surface area contributed by atoms with E-state index in [0.717, 1.165) is 51.4 Å². The Balaban J connectivity index is 1.80. The van der Waals surface area contributed by atoms with Crippen molar-refractivity contribution in [1.29, 1.82) is 0 Å². The van der Waals surface area contributed by atoms with Crippen molar-refractivity contribution < 1.29 is 14.3 Å². The van der Waals surface area contributed by atoms with Gasteiger partial charge in [-0.25, -0.2) is 4.79 Å². The average Bonchev–Trinajstić information content (AvgIpc) is 3.00. The Morgan fingerprint density at radius 3 is 2.38 bits per heavy atom. The number of rotatable bonds is 2. The number of carbonyl (C=O) groups is 2. The summed E-state index contributed by atoms with van der Waals surface area (Å²) in [5.41, 5.74) is 5.62. The Hall–Kier alpha value is -1.30. The molecule has 1 aliphatic heterocycles. The Morgan fingerprint density at radius 1 is 1.00 bits per heavy atom. The third kappa shape index (κ3) is 7.14. The lowest BCUT2D eigenvalue weighted by molar-refractivity contribution is -0.126. The van der Waals surface area contributed by atoms with Gasteiger partial charge in [0.05, 0.1) is 0 Å². The van der Waals surface area contributed by atoms with E-state index in [2.05, 4.69) is 5.32 Å². The Labute approximate surface area is 158 Å². The van der Waals surface area contributed by atoms with Gasteiger partial charge in [0, 0.05) is 31.1 Å². The molecular formula is C20H37N3O3. The van der Waals surface area contributed by atoms with Gasteiger partial charge >= 0.3 is 6.09 Å². The Bertz CT molecular complexity index is 475. The molecule has 1 aliphatic carbocycles. The molecular weight excluding hydrogens is 330 g/mol. The van der Waals surface area contributed by atoms with Crippen LogP contribution in [0.25, 0.3) is 0 Å². The summed E-state index contributed by atoms with van der Waals surface area (Å²) in [5.74, 6) is 0.228. The van der Waals surface area contributed by atoms with Gasteiger partial charge in [0.2, 0.25) is 5.91 Å². The largest absolute Gasteiger partial charge is 0.444 e. The second kappa shape index (κ2) is 9.58. The molecule has 3 N–H and O–H groups in total. The van der Waals surface area contributed by atoms with E-state index in [1.165, 1.54) is 6.42 Å². The van der Waals surface area contributed by atoms with Gasteiger partial charge in [0.1, 0.15) is 5.60 Å². The van der Waals surface area contributed by atoms with Crippen LogP contribution in [0.5, 0.6) is 0 Å². The standard InChI is InChI=1S/C20H37N3O3/c1-20(2,3)26-19(25)23-13-12-17(14-23)22-18(24)15-8-5-4-6-10-16(21)11-7-9-15/h15-17H,4-14,21H2,1-3H3,(H,22,24)/t15?,16-,17-/m1/s1. The zero-order valence-corrected chi connectivity index (χ0v) is 16.8. The second-order valence-corrected chi connectivity index (χ2v) is 8.95. The van der Waals surface area contributed by atoms with Crippen molar-refractivity contribution in [3.05, 3.63) is 0 Å². The summed E-state index contributed by atoms with van der Waals surface area (Å²) in [4.78, 5) is 26.6. The maximum Gasteiger partial charge on any atom is 0.410 e. The number of ether oxygens (including phenoxy) is 1. The van der Waals surface area contributed by atoms with E-state index in [-0.39, 0.29) is 30.0 Å². The number of nitrogens with zero attached hydrogens (tertiary/aromatic N) is 1. The van der Waals surface area contributed by atoms with Crippen LogP contribution in [0.15, 0.2) is 0 Å². The first-order chi connectivity index (χ1) is 12.2. The van der Waals surface area contributed by atoms with E-state index in [1.807, 2.05) is 20.8 Å². The number of likely N-dealkylation sites (tertiary alicyclic amines) is 1. The minimum absolute atomic E-state index is 0.0349. The van der Waals surface area contributed by atoms with Crippen LogP contribution >= 0.6 is 0 Å². The first kappa shape index (κ1) is 21.0. The Morgan fingerprint density at radius 2 is 1.65 bits per heavy atom. The number of hydrogen-bond donors (Lipinski definition) is 2. The van der Waals surface area contributed by atoms with E-state index >= 15 is 0 Å². The monoisotopic (exact) mass is 367 g/mol. The summed E-state index contributed by atoms with van der Waals surface area (Å²) in [7, 11) is 0. The molecule has 150 valence electrons. The highest BCUT2D eigenvalue weighted by Crippen LogP contribution is 2.22. The van der Waals surface area contributed by atoms with Crippen LogP contribution in [0.4, 0.5) is 4.79 Å². The predicted molar refractivity (Wildman–Crippen MR) is 103 cm³/mol. The lowest BCUT2D eigenvalue weighted by atomic mass is 9.90. The number of amides is 2. The molecule has 0 aromatic heterocycles. The molecule has 0 bridgehead atoms. The number of nitrogens with two attached hydrogens (primary N) is 1. The van der Waals surface area contributed by atoms with Crippen LogP contribution in [0, 0.1) is 5.92 Å². The summed E-state index contributed by atoms with van der Waals surface area (Å²) in [6.45, 7) is 6.78. The molecule has 2 fully saturated rings. The molecule has 3 atom stereocenters. The number of nitrogens with one attached hydrogen (secondary N) is 1.